The standard InChI is InChI=1S/C11H14ClNO3/c12-10-7-8(13-5-1-2-6-14)3-4-9(10)11(15)16/h3-4,7,13-14H,1-2,5-6H2,(H,15,16). The molecule has 0 aromatic heterocycles. The highest BCUT2D eigenvalue weighted by Crippen LogP contribution is 2.20. The van der Waals surface area contributed by atoms with Gasteiger partial charge in [-0.1, -0.05) is 11.6 Å². The van der Waals surface area contributed by atoms with E-state index in [9.17, 15) is 4.79 Å². The lowest BCUT2D eigenvalue weighted by Crippen LogP contribution is -2.03. The summed E-state index contributed by atoms with van der Waals surface area (Å²) in [6, 6.07) is 4.73. The first-order valence-corrected chi connectivity index (χ1v) is 5.40. The Hall–Kier alpha value is -1.26. The van der Waals surface area contributed by atoms with Crippen LogP contribution in [0.5, 0.6) is 0 Å². The van der Waals surface area contributed by atoms with Gasteiger partial charge in [0.05, 0.1) is 10.6 Å². The summed E-state index contributed by atoms with van der Waals surface area (Å²) in [4.78, 5) is 10.7. The number of anilines is 1. The van der Waals surface area contributed by atoms with Crippen molar-refractivity contribution in [2.45, 2.75) is 12.8 Å². The molecule has 0 saturated carbocycles. The van der Waals surface area contributed by atoms with Crippen molar-refractivity contribution in [3.63, 3.8) is 0 Å². The lowest BCUT2D eigenvalue weighted by atomic mass is 10.2. The summed E-state index contributed by atoms with van der Waals surface area (Å²) in [7, 11) is 0. The van der Waals surface area contributed by atoms with Crippen LogP contribution in [0.15, 0.2) is 18.2 Å². The molecule has 1 rings (SSSR count). The van der Waals surface area contributed by atoms with E-state index in [4.69, 9.17) is 21.8 Å². The Morgan fingerprint density at radius 2 is 2.12 bits per heavy atom. The molecule has 0 radical (unpaired) electrons. The van der Waals surface area contributed by atoms with E-state index >= 15 is 0 Å². The van der Waals surface area contributed by atoms with Gasteiger partial charge in [-0.3, -0.25) is 0 Å². The summed E-state index contributed by atoms with van der Waals surface area (Å²) in [6.07, 6.45) is 1.60. The summed E-state index contributed by atoms with van der Waals surface area (Å²) in [6.45, 7) is 0.906. The quantitative estimate of drug-likeness (QED) is 0.670. The van der Waals surface area contributed by atoms with Gasteiger partial charge in [0.25, 0.3) is 0 Å². The van der Waals surface area contributed by atoms with Gasteiger partial charge in [-0.05, 0) is 31.0 Å². The van der Waals surface area contributed by atoms with Crippen LogP contribution in [0, 0.1) is 0 Å². The maximum atomic E-state index is 10.7. The number of nitrogens with one attached hydrogen (secondary N) is 1. The monoisotopic (exact) mass is 243 g/mol. The summed E-state index contributed by atoms with van der Waals surface area (Å²) < 4.78 is 0. The molecule has 0 unspecified atom stereocenters. The first-order chi connectivity index (χ1) is 7.65. The van der Waals surface area contributed by atoms with E-state index in [1.807, 2.05) is 0 Å². The van der Waals surface area contributed by atoms with Gasteiger partial charge in [0.2, 0.25) is 0 Å². The third-order valence-corrected chi connectivity index (χ3v) is 2.43. The number of rotatable bonds is 6. The lowest BCUT2D eigenvalue weighted by Gasteiger charge is -2.07. The second-order valence-electron chi connectivity index (χ2n) is 3.36. The fraction of sp³-hybridized carbons (Fsp3) is 0.364. The van der Waals surface area contributed by atoms with Gasteiger partial charge in [0, 0.05) is 18.8 Å². The SMILES string of the molecule is O=C(O)c1ccc(NCCCCO)cc1Cl. The van der Waals surface area contributed by atoms with Crippen molar-refractivity contribution < 1.29 is 15.0 Å². The molecule has 1 aromatic rings. The summed E-state index contributed by atoms with van der Waals surface area (Å²) >= 11 is 5.80. The minimum atomic E-state index is -1.03. The van der Waals surface area contributed by atoms with Crippen molar-refractivity contribution in [3.05, 3.63) is 28.8 Å². The molecule has 3 N–H and O–H groups in total. The number of unbranched alkanes of at least 4 members (excludes halogenated alkanes) is 1. The van der Waals surface area contributed by atoms with Gasteiger partial charge >= 0.3 is 5.97 Å². The predicted molar refractivity (Wildman–Crippen MR) is 63.2 cm³/mol. The number of hydrogen-bond acceptors (Lipinski definition) is 3. The van der Waals surface area contributed by atoms with Crippen LogP contribution in [-0.2, 0) is 0 Å². The number of aliphatic hydroxyl groups excluding tert-OH is 1. The lowest BCUT2D eigenvalue weighted by molar-refractivity contribution is 0.0697. The second kappa shape index (κ2) is 6.35. The van der Waals surface area contributed by atoms with E-state index in [2.05, 4.69) is 5.32 Å². The van der Waals surface area contributed by atoms with Crippen LogP contribution in [0.1, 0.15) is 23.2 Å². The summed E-state index contributed by atoms with van der Waals surface area (Å²) in [5.41, 5.74) is 0.885. The number of halogens is 1. The van der Waals surface area contributed by atoms with E-state index in [0.717, 1.165) is 25.1 Å². The average molecular weight is 244 g/mol. The fourth-order valence-corrected chi connectivity index (χ4v) is 1.53. The molecular weight excluding hydrogens is 230 g/mol. The Kier molecular flexibility index (Phi) is 5.08. The first-order valence-electron chi connectivity index (χ1n) is 5.02. The number of aliphatic hydroxyl groups is 1. The highest BCUT2D eigenvalue weighted by Gasteiger charge is 2.08. The van der Waals surface area contributed by atoms with Crippen molar-refractivity contribution in [1.82, 2.24) is 0 Å². The van der Waals surface area contributed by atoms with E-state index in [-0.39, 0.29) is 17.2 Å². The maximum absolute atomic E-state index is 10.7. The minimum Gasteiger partial charge on any atom is -0.478 e. The highest BCUT2D eigenvalue weighted by atomic mass is 35.5. The molecule has 0 saturated heterocycles. The second-order valence-corrected chi connectivity index (χ2v) is 3.76. The molecule has 0 spiro atoms. The highest BCUT2D eigenvalue weighted by molar-refractivity contribution is 6.33. The van der Waals surface area contributed by atoms with Gasteiger partial charge < -0.3 is 15.5 Å². The largest absolute Gasteiger partial charge is 0.478 e. The summed E-state index contributed by atoms with van der Waals surface area (Å²) in [5, 5.41) is 20.7. The minimum absolute atomic E-state index is 0.0996. The van der Waals surface area contributed by atoms with E-state index < -0.39 is 5.97 Å². The molecule has 0 atom stereocenters. The van der Waals surface area contributed by atoms with Crippen molar-refractivity contribution >= 4 is 23.3 Å². The van der Waals surface area contributed by atoms with Crippen molar-refractivity contribution in [2.24, 2.45) is 0 Å². The zero-order valence-electron chi connectivity index (χ0n) is 8.74. The normalized spacial score (nSPS) is 10.1. The van der Waals surface area contributed by atoms with Crippen LogP contribution >= 0.6 is 11.6 Å². The molecule has 88 valence electrons. The third-order valence-electron chi connectivity index (χ3n) is 2.11. The molecule has 4 nitrogen and oxygen atoms in total. The molecule has 0 aliphatic rings. The topological polar surface area (TPSA) is 69.6 Å². The van der Waals surface area contributed by atoms with Crippen LogP contribution in [0.2, 0.25) is 5.02 Å². The molecule has 0 bridgehead atoms. The van der Waals surface area contributed by atoms with E-state index in [1.54, 1.807) is 12.1 Å². The maximum Gasteiger partial charge on any atom is 0.337 e. The van der Waals surface area contributed by atoms with Crippen LogP contribution in [-0.4, -0.2) is 29.3 Å². The molecule has 1 aromatic carbocycles. The third kappa shape index (κ3) is 3.72. The Bertz CT molecular complexity index is 368. The average Bonchev–Trinajstić information content (AvgIpc) is 2.24. The Labute approximate surface area is 98.9 Å². The fourth-order valence-electron chi connectivity index (χ4n) is 1.27. The number of carbonyl (C=O) groups is 1. The Morgan fingerprint density at radius 3 is 2.69 bits per heavy atom. The first kappa shape index (κ1) is 12.8. The molecule has 0 amide bonds. The van der Waals surface area contributed by atoms with Crippen LogP contribution < -0.4 is 5.32 Å². The van der Waals surface area contributed by atoms with Gasteiger partial charge in [-0.25, -0.2) is 4.79 Å². The van der Waals surface area contributed by atoms with E-state index in [1.165, 1.54) is 6.07 Å². The number of carboxylic acids is 1. The number of carboxylic acid groups (broad SMARTS) is 1. The predicted octanol–water partition coefficient (Wildman–Crippen LogP) is 2.22. The van der Waals surface area contributed by atoms with E-state index in [0.29, 0.717) is 0 Å². The Morgan fingerprint density at radius 1 is 1.38 bits per heavy atom. The number of hydrogen-bond donors (Lipinski definition) is 3. The number of benzene rings is 1. The summed E-state index contributed by atoms with van der Waals surface area (Å²) in [5.74, 6) is -1.03. The smallest absolute Gasteiger partial charge is 0.337 e. The molecule has 0 fully saturated rings. The van der Waals surface area contributed by atoms with Crippen LogP contribution in [0.25, 0.3) is 0 Å². The van der Waals surface area contributed by atoms with Crippen LogP contribution in [0.4, 0.5) is 5.69 Å². The van der Waals surface area contributed by atoms with Crippen molar-refractivity contribution in [3.8, 4) is 0 Å². The zero-order valence-corrected chi connectivity index (χ0v) is 9.50. The van der Waals surface area contributed by atoms with Gasteiger partial charge in [-0.2, -0.15) is 0 Å². The molecule has 0 aliphatic carbocycles. The van der Waals surface area contributed by atoms with Crippen LogP contribution in [0.3, 0.4) is 0 Å². The van der Waals surface area contributed by atoms with Crippen molar-refractivity contribution in [1.29, 1.82) is 0 Å². The van der Waals surface area contributed by atoms with Gasteiger partial charge in [-0.15, -0.1) is 0 Å². The van der Waals surface area contributed by atoms with Crippen molar-refractivity contribution in [2.75, 3.05) is 18.5 Å². The van der Waals surface area contributed by atoms with Gasteiger partial charge in [0.15, 0.2) is 0 Å². The molecule has 16 heavy (non-hydrogen) atoms. The molecule has 0 aliphatic heterocycles. The Balaban J connectivity index is 2.56. The number of aromatic carboxylic acids is 1. The zero-order chi connectivity index (χ0) is 12.0. The molecule has 0 heterocycles. The van der Waals surface area contributed by atoms with Gasteiger partial charge in [0.1, 0.15) is 0 Å². The molecular formula is C11H14ClNO3. The molecule has 5 heteroatoms.